The fourth-order valence-electron chi connectivity index (χ4n) is 1.97. The molecule has 1 aliphatic heterocycles. The third-order valence-electron chi connectivity index (χ3n) is 2.99. The van der Waals surface area contributed by atoms with Crippen LogP contribution in [-0.4, -0.2) is 40.1 Å². The molecule has 1 saturated heterocycles. The van der Waals surface area contributed by atoms with Crippen molar-refractivity contribution < 1.29 is 9.53 Å². The Kier molecular flexibility index (Phi) is 5.01. The van der Waals surface area contributed by atoms with E-state index in [-0.39, 0.29) is 5.97 Å². The van der Waals surface area contributed by atoms with Gasteiger partial charge in [0.2, 0.25) is 5.95 Å². The van der Waals surface area contributed by atoms with Gasteiger partial charge in [0.05, 0.1) is 17.9 Å². The molecule has 1 fully saturated rings. The summed E-state index contributed by atoms with van der Waals surface area (Å²) < 4.78 is 4.95. The number of rotatable bonds is 5. The molecular weight excluding hydrogens is 262 g/mol. The first-order chi connectivity index (χ1) is 9.20. The van der Waals surface area contributed by atoms with Crippen LogP contribution in [-0.2, 0) is 4.74 Å². The van der Waals surface area contributed by atoms with Crippen molar-refractivity contribution in [2.75, 3.05) is 24.2 Å². The van der Waals surface area contributed by atoms with E-state index in [2.05, 4.69) is 15.3 Å². The number of carbonyl (C=O) groups is 1. The minimum absolute atomic E-state index is 0.358. The first kappa shape index (κ1) is 14.1. The summed E-state index contributed by atoms with van der Waals surface area (Å²) in [7, 11) is 0. The van der Waals surface area contributed by atoms with Crippen molar-refractivity contribution in [1.29, 1.82) is 0 Å². The number of thioether (sulfide) groups is 1. The lowest BCUT2D eigenvalue weighted by atomic mass is 10.2. The van der Waals surface area contributed by atoms with Crippen LogP contribution in [0.15, 0.2) is 6.20 Å². The lowest BCUT2D eigenvalue weighted by Crippen LogP contribution is -2.16. The summed E-state index contributed by atoms with van der Waals surface area (Å²) in [4.78, 5) is 20.1. The van der Waals surface area contributed by atoms with E-state index in [0.717, 1.165) is 6.54 Å². The SMILES string of the molecule is CCOC(=O)c1cnc(NCC2CCCS2)nc1C. The molecule has 0 aliphatic carbocycles. The summed E-state index contributed by atoms with van der Waals surface area (Å²) in [6.45, 7) is 4.81. The molecule has 1 aromatic heterocycles. The van der Waals surface area contributed by atoms with Gasteiger partial charge in [0.1, 0.15) is 0 Å². The van der Waals surface area contributed by atoms with Crippen LogP contribution in [0.2, 0.25) is 0 Å². The van der Waals surface area contributed by atoms with E-state index in [0.29, 0.717) is 29.1 Å². The Balaban J connectivity index is 1.95. The van der Waals surface area contributed by atoms with Gasteiger partial charge in [0.25, 0.3) is 0 Å². The number of hydrogen-bond donors (Lipinski definition) is 1. The molecule has 1 unspecified atom stereocenters. The molecule has 2 heterocycles. The Bertz CT molecular complexity index is 448. The molecular formula is C13H19N3O2S. The van der Waals surface area contributed by atoms with Gasteiger partial charge in [-0.25, -0.2) is 14.8 Å². The highest BCUT2D eigenvalue weighted by atomic mass is 32.2. The number of aromatic nitrogens is 2. The Labute approximate surface area is 117 Å². The molecule has 19 heavy (non-hydrogen) atoms. The lowest BCUT2D eigenvalue weighted by molar-refractivity contribution is 0.0524. The van der Waals surface area contributed by atoms with Crippen molar-refractivity contribution in [2.24, 2.45) is 0 Å². The Morgan fingerprint density at radius 3 is 3.11 bits per heavy atom. The third-order valence-corrected chi connectivity index (χ3v) is 4.38. The summed E-state index contributed by atoms with van der Waals surface area (Å²) in [6, 6.07) is 0. The van der Waals surface area contributed by atoms with E-state index in [1.807, 2.05) is 11.8 Å². The molecule has 104 valence electrons. The van der Waals surface area contributed by atoms with Gasteiger partial charge >= 0.3 is 5.97 Å². The minimum Gasteiger partial charge on any atom is -0.462 e. The minimum atomic E-state index is -0.363. The topological polar surface area (TPSA) is 64.1 Å². The number of ether oxygens (including phenoxy) is 1. The standard InChI is InChI=1S/C13H19N3O2S/c1-3-18-12(17)11-8-15-13(16-9(11)2)14-7-10-5-4-6-19-10/h8,10H,3-7H2,1-2H3,(H,14,15,16). The van der Waals surface area contributed by atoms with Gasteiger partial charge < -0.3 is 10.1 Å². The van der Waals surface area contributed by atoms with Crippen LogP contribution in [0, 0.1) is 6.92 Å². The highest BCUT2D eigenvalue weighted by molar-refractivity contribution is 8.00. The van der Waals surface area contributed by atoms with Gasteiger partial charge in [-0.15, -0.1) is 0 Å². The maximum absolute atomic E-state index is 11.6. The van der Waals surface area contributed by atoms with E-state index < -0.39 is 0 Å². The molecule has 0 radical (unpaired) electrons. The van der Waals surface area contributed by atoms with Gasteiger partial charge in [-0.1, -0.05) is 0 Å². The maximum Gasteiger partial charge on any atom is 0.341 e. The zero-order valence-electron chi connectivity index (χ0n) is 11.3. The lowest BCUT2D eigenvalue weighted by Gasteiger charge is -2.11. The number of nitrogens with zero attached hydrogens (tertiary/aromatic N) is 2. The van der Waals surface area contributed by atoms with E-state index >= 15 is 0 Å². The number of anilines is 1. The van der Waals surface area contributed by atoms with Crippen LogP contribution in [0.5, 0.6) is 0 Å². The smallest absolute Gasteiger partial charge is 0.341 e. The van der Waals surface area contributed by atoms with Crippen molar-refractivity contribution in [3.63, 3.8) is 0 Å². The predicted octanol–water partition coefficient (Wildman–Crippen LogP) is 2.27. The van der Waals surface area contributed by atoms with Crippen molar-refractivity contribution in [1.82, 2.24) is 9.97 Å². The Hall–Kier alpha value is -1.30. The zero-order chi connectivity index (χ0) is 13.7. The van der Waals surface area contributed by atoms with Gasteiger partial charge in [-0.3, -0.25) is 0 Å². The van der Waals surface area contributed by atoms with Crippen molar-refractivity contribution in [3.05, 3.63) is 17.5 Å². The van der Waals surface area contributed by atoms with E-state index in [9.17, 15) is 4.79 Å². The van der Waals surface area contributed by atoms with Crippen LogP contribution in [0.4, 0.5) is 5.95 Å². The molecule has 0 bridgehead atoms. The van der Waals surface area contributed by atoms with Gasteiger partial charge in [-0.05, 0) is 32.4 Å². The zero-order valence-corrected chi connectivity index (χ0v) is 12.1. The molecule has 6 heteroatoms. The Morgan fingerprint density at radius 1 is 1.63 bits per heavy atom. The number of carbonyl (C=O) groups excluding carboxylic acids is 1. The summed E-state index contributed by atoms with van der Waals surface area (Å²) in [5.74, 6) is 1.46. The fraction of sp³-hybridized carbons (Fsp3) is 0.615. The number of hydrogen-bond acceptors (Lipinski definition) is 6. The predicted molar refractivity (Wildman–Crippen MR) is 76.7 cm³/mol. The number of nitrogens with one attached hydrogen (secondary N) is 1. The van der Waals surface area contributed by atoms with E-state index in [1.165, 1.54) is 24.8 Å². The number of esters is 1. The first-order valence-electron chi connectivity index (χ1n) is 6.57. The molecule has 0 spiro atoms. The molecule has 1 atom stereocenters. The normalized spacial score (nSPS) is 18.3. The molecule has 0 amide bonds. The summed E-state index contributed by atoms with van der Waals surface area (Å²) in [6.07, 6.45) is 4.07. The van der Waals surface area contributed by atoms with E-state index in [1.54, 1.807) is 13.8 Å². The molecule has 1 aromatic rings. The fourth-order valence-corrected chi connectivity index (χ4v) is 3.17. The highest BCUT2D eigenvalue weighted by Crippen LogP contribution is 2.25. The average molecular weight is 281 g/mol. The second-order valence-corrected chi connectivity index (χ2v) is 5.84. The molecule has 1 N–H and O–H groups in total. The van der Waals surface area contributed by atoms with Crippen LogP contribution in [0.1, 0.15) is 35.8 Å². The maximum atomic E-state index is 11.6. The number of aryl methyl sites for hydroxylation is 1. The average Bonchev–Trinajstić information content (AvgIpc) is 2.89. The van der Waals surface area contributed by atoms with Crippen LogP contribution >= 0.6 is 11.8 Å². The van der Waals surface area contributed by atoms with Crippen LogP contribution < -0.4 is 5.32 Å². The second kappa shape index (κ2) is 6.75. The first-order valence-corrected chi connectivity index (χ1v) is 7.61. The van der Waals surface area contributed by atoms with Crippen molar-refractivity contribution >= 4 is 23.7 Å². The molecule has 2 rings (SSSR count). The van der Waals surface area contributed by atoms with Gasteiger partial charge in [0, 0.05) is 18.0 Å². The van der Waals surface area contributed by atoms with E-state index in [4.69, 9.17) is 4.74 Å². The monoisotopic (exact) mass is 281 g/mol. The quantitative estimate of drug-likeness (QED) is 0.835. The molecule has 0 aromatic carbocycles. The van der Waals surface area contributed by atoms with Gasteiger partial charge in [0.15, 0.2) is 0 Å². The largest absolute Gasteiger partial charge is 0.462 e. The Morgan fingerprint density at radius 2 is 2.47 bits per heavy atom. The van der Waals surface area contributed by atoms with Crippen LogP contribution in [0.25, 0.3) is 0 Å². The van der Waals surface area contributed by atoms with Crippen molar-refractivity contribution in [2.45, 2.75) is 31.9 Å². The van der Waals surface area contributed by atoms with Crippen LogP contribution in [0.3, 0.4) is 0 Å². The second-order valence-electron chi connectivity index (χ2n) is 4.43. The molecule has 0 saturated carbocycles. The third kappa shape index (κ3) is 3.83. The summed E-state index contributed by atoms with van der Waals surface area (Å²) in [5, 5.41) is 3.88. The summed E-state index contributed by atoms with van der Waals surface area (Å²) in [5.41, 5.74) is 1.08. The molecule has 1 aliphatic rings. The molecule has 5 nitrogen and oxygen atoms in total. The van der Waals surface area contributed by atoms with Crippen molar-refractivity contribution in [3.8, 4) is 0 Å². The summed E-state index contributed by atoms with van der Waals surface area (Å²) >= 11 is 1.99. The highest BCUT2D eigenvalue weighted by Gasteiger charge is 2.16. The van der Waals surface area contributed by atoms with Gasteiger partial charge in [-0.2, -0.15) is 11.8 Å².